The average molecular weight is 433 g/mol. The number of aromatic nitrogens is 3. The third-order valence-electron chi connectivity index (χ3n) is 4.36. The summed E-state index contributed by atoms with van der Waals surface area (Å²) in [6.45, 7) is 14.4. The van der Waals surface area contributed by atoms with Crippen LogP contribution in [0.3, 0.4) is 0 Å². The minimum Gasteiger partial charge on any atom is -0.372 e. The molecule has 0 radical (unpaired) electrons. The number of rotatable bonds is 8. The van der Waals surface area contributed by atoms with Crippen LogP contribution in [0.15, 0.2) is 29.4 Å². The minimum atomic E-state index is -0.501. The van der Waals surface area contributed by atoms with Gasteiger partial charge in [0.1, 0.15) is 0 Å². The Morgan fingerprint density at radius 3 is 2.23 bits per heavy atom. The van der Waals surface area contributed by atoms with Crippen molar-refractivity contribution in [2.24, 2.45) is 0 Å². The predicted molar refractivity (Wildman–Crippen MR) is 122 cm³/mol. The van der Waals surface area contributed by atoms with Crippen molar-refractivity contribution >= 4 is 29.4 Å². The summed E-state index contributed by atoms with van der Waals surface area (Å²) < 4.78 is 1.97. The van der Waals surface area contributed by atoms with E-state index >= 15 is 0 Å². The number of nitrogens with zero attached hydrogens (tertiary/aromatic N) is 4. The molecule has 1 aromatic carbocycles. The second-order valence-corrected chi connectivity index (χ2v) is 8.75. The summed E-state index contributed by atoms with van der Waals surface area (Å²) in [4.78, 5) is 26.2. The summed E-state index contributed by atoms with van der Waals surface area (Å²) in [5, 5.41) is 14.3. The summed E-state index contributed by atoms with van der Waals surface area (Å²) in [5.41, 5.74) is 1.74. The van der Waals surface area contributed by atoms with Gasteiger partial charge >= 0.3 is 6.03 Å². The summed E-state index contributed by atoms with van der Waals surface area (Å²) in [6, 6.07) is 7.76. The van der Waals surface area contributed by atoms with Crippen molar-refractivity contribution in [2.75, 3.05) is 23.7 Å². The average Bonchev–Trinajstić information content (AvgIpc) is 3.09. The van der Waals surface area contributed by atoms with Crippen LogP contribution in [0.4, 0.5) is 10.5 Å². The van der Waals surface area contributed by atoms with Gasteiger partial charge in [0, 0.05) is 36.4 Å². The van der Waals surface area contributed by atoms with E-state index in [1.807, 2.05) is 44.4 Å². The van der Waals surface area contributed by atoms with Crippen LogP contribution in [-0.4, -0.2) is 51.1 Å². The van der Waals surface area contributed by atoms with Gasteiger partial charge < -0.3 is 14.8 Å². The molecule has 0 aliphatic rings. The number of anilines is 1. The second-order valence-electron chi connectivity index (χ2n) is 7.81. The highest BCUT2D eigenvalue weighted by Crippen LogP contribution is 2.26. The topological polar surface area (TPSA) is 92.2 Å². The van der Waals surface area contributed by atoms with Gasteiger partial charge in [0.05, 0.1) is 5.75 Å². The van der Waals surface area contributed by atoms with Gasteiger partial charge in [-0.2, -0.15) is 0 Å². The third-order valence-corrected chi connectivity index (χ3v) is 5.33. The zero-order chi connectivity index (χ0) is 22.3. The normalized spacial score (nSPS) is 11.3. The minimum absolute atomic E-state index is 0.0800. The van der Waals surface area contributed by atoms with Crippen molar-refractivity contribution < 1.29 is 9.59 Å². The van der Waals surface area contributed by atoms with Gasteiger partial charge in [0.2, 0.25) is 5.91 Å². The summed E-state index contributed by atoms with van der Waals surface area (Å²) in [7, 11) is 0. The van der Waals surface area contributed by atoms with E-state index in [0.29, 0.717) is 11.7 Å². The van der Waals surface area contributed by atoms with Crippen LogP contribution < -0.4 is 15.5 Å². The number of nitrogens with one attached hydrogen (secondary N) is 2. The van der Waals surface area contributed by atoms with Crippen molar-refractivity contribution in [3.63, 3.8) is 0 Å². The van der Waals surface area contributed by atoms with Crippen LogP contribution >= 0.6 is 11.8 Å². The van der Waals surface area contributed by atoms with Gasteiger partial charge in [0.25, 0.3) is 0 Å². The number of carbonyl (C=O) groups excluding carboxylic acids is 2. The number of urea groups is 1. The van der Waals surface area contributed by atoms with Crippen molar-refractivity contribution in [1.82, 2.24) is 25.4 Å². The first-order chi connectivity index (χ1) is 14.2. The molecule has 0 saturated carbocycles. The molecule has 0 unspecified atom stereocenters. The molecule has 0 saturated heterocycles. The Hall–Kier alpha value is -2.55. The Morgan fingerprint density at radius 2 is 1.70 bits per heavy atom. The maximum atomic E-state index is 12.1. The van der Waals surface area contributed by atoms with Crippen molar-refractivity contribution in [3.05, 3.63) is 24.3 Å². The molecule has 0 atom stereocenters. The van der Waals surface area contributed by atoms with E-state index in [1.165, 1.54) is 17.4 Å². The maximum absolute atomic E-state index is 12.1. The molecule has 1 heterocycles. The zero-order valence-electron chi connectivity index (χ0n) is 18.7. The number of thioether (sulfide) groups is 1. The Bertz CT molecular complexity index is 853. The fourth-order valence-corrected chi connectivity index (χ4v) is 3.77. The van der Waals surface area contributed by atoms with E-state index < -0.39 is 11.6 Å². The lowest BCUT2D eigenvalue weighted by atomic mass is 10.1. The molecule has 1 aromatic heterocycles. The Kier molecular flexibility index (Phi) is 8.28. The van der Waals surface area contributed by atoms with E-state index in [2.05, 4.69) is 51.7 Å². The monoisotopic (exact) mass is 432 g/mol. The molecule has 0 aliphatic heterocycles. The number of hydrogen-bond donors (Lipinski definition) is 2. The van der Waals surface area contributed by atoms with Crippen LogP contribution in [0, 0.1) is 0 Å². The molecule has 3 amide bonds. The molecule has 2 aromatic rings. The van der Waals surface area contributed by atoms with Crippen molar-refractivity contribution in [1.29, 1.82) is 0 Å². The number of benzene rings is 1. The Balaban J connectivity index is 2.05. The van der Waals surface area contributed by atoms with Crippen LogP contribution in [0.25, 0.3) is 11.4 Å². The van der Waals surface area contributed by atoms with E-state index in [1.54, 1.807) is 0 Å². The molecule has 0 aliphatic carbocycles. The lowest BCUT2D eigenvalue weighted by Crippen LogP contribution is -2.48. The highest BCUT2D eigenvalue weighted by atomic mass is 32.2. The zero-order valence-corrected chi connectivity index (χ0v) is 19.5. The first kappa shape index (κ1) is 23.7. The van der Waals surface area contributed by atoms with Gasteiger partial charge in [0.15, 0.2) is 11.0 Å². The molecule has 8 nitrogen and oxygen atoms in total. The molecule has 30 heavy (non-hydrogen) atoms. The third kappa shape index (κ3) is 6.48. The summed E-state index contributed by atoms with van der Waals surface area (Å²) in [5.74, 6) is 0.464. The van der Waals surface area contributed by atoms with Gasteiger partial charge in [-0.05, 0) is 65.8 Å². The van der Waals surface area contributed by atoms with Gasteiger partial charge in [-0.1, -0.05) is 11.8 Å². The fourth-order valence-electron chi connectivity index (χ4n) is 2.97. The van der Waals surface area contributed by atoms with Gasteiger partial charge in [-0.3, -0.25) is 10.1 Å². The smallest absolute Gasteiger partial charge is 0.321 e. The Labute approximate surface area is 182 Å². The molecule has 2 N–H and O–H groups in total. The van der Waals surface area contributed by atoms with Crippen LogP contribution in [-0.2, 0) is 11.3 Å². The molecule has 0 bridgehead atoms. The van der Waals surface area contributed by atoms with E-state index in [9.17, 15) is 9.59 Å². The highest BCUT2D eigenvalue weighted by Gasteiger charge is 2.18. The SMILES string of the molecule is CCN(CC)c1ccc(-c2nnc(SCC(=O)NC(=O)NC(C)(C)C)n2CC)cc1. The highest BCUT2D eigenvalue weighted by molar-refractivity contribution is 7.99. The molecular weight excluding hydrogens is 400 g/mol. The van der Waals surface area contributed by atoms with E-state index in [-0.39, 0.29) is 11.7 Å². The van der Waals surface area contributed by atoms with Crippen LogP contribution in [0.2, 0.25) is 0 Å². The first-order valence-electron chi connectivity index (χ1n) is 10.2. The number of hydrogen-bond acceptors (Lipinski definition) is 6. The molecule has 9 heteroatoms. The first-order valence-corrected chi connectivity index (χ1v) is 11.2. The number of imide groups is 1. The lowest BCUT2D eigenvalue weighted by Gasteiger charge is -2.21. The van der Waals surface area contributed by atoms with Gasteiger partial charge in [-0.25, -0.2) is 4.79 Å². The molecular formula is C21H32N6O2S. The van der Waals surface area contributed by atoms with Gasteiger partial charge in [-0.15, -0.1) is 10.2 Å². The van der Waals surface area contributed by atoms with E-state index in [0.717, 1.165) is 24.5 Å². The Morgan fingerprint density at radius 1 is 1.07 bits per heavy atom. The summed E-state index contributed by atoms with van der Waals surface area (Å²) in [6.07, 6.45) is 0. The quantitative estimate of drug-likeness (QED) is 0.620. The van der Waals surface area contributed by atoms with Crippen LogP contribution in [0.5, 0.6) is 0 Å². The molecule has 0 fully saturated rings. The summed E-state index contributed by atoms with van der Waals surface area (Å²) >= 11 is 1.26. The number of amides is 3. The fraction of sp³-hybridized carbons (Fsp3) is 0.524. The van der Waals surface area contributed by atoms with E-state index in [4.69, 9.17) is 0 Å². The second kappa shape index (κ2) is 10.5. The standard InChI is InChI=1S/C21H32N6O2S/c1-7-26(8-2)16-12-10-15(11-13-16)18-24-25-20(27(18)9-3)30-14-17(28)22-19(29)23-21(4,5)6/h10-13H,7-9,14H2,1-6H3,(H2,22,23,28,29). The largest absolute Gasteiger partial charge is 0.372 e. The molecule has 0 spiro atoms. The van der Waals surface area contributed by atoms with Crippen molar-refractivity contribution in [3.8, 4) is 11.4 Å². The predicted octanol–water partition coefficient (Wildman–Crippen LogP) is 3.53. The molecule has 164 valence electrons. The maximum Gasteiger partial charge on any atom is 0.321 e. The number of carbonyl (C=O) groups is 2. The lowest BCUT2D eigenvalue weighted by molar-refractivity contribution is -0.117. The van der Waals surface area contributed by atoms with Crippen LogP contribution in [0.1, 0.15) is 41.5 Å². The van der Waals surface area contributed by atoms with Crippen molar-refractivity contribution in [2.45, 2.75) is 58.8 Å². The molecule has 2 rings (SSSR count).